The van der Waals surface area contributed by atoms with Crippen molar-refractivity contribution in [3.63, 3.8) is 0 Å². The number of nitrogens with zero attached hydrogens (tertiary/aromatic N) is 2. The van der Waals surface area contributed by atoms with E-state index in [0.29, 0.717) is 30.9 Å². The third-order valence-corrected chi connectivity index (χ3v) is 3.48. The van der Waals surface area contributed by atoms with E-state index in [2.05, 4.69) is 10.3 Å². The van der Waals surface area contributed by atoms with E-state index in [4.69, 9.17) is 5.73 Å². The Kier molecular flexibility index (Phi) is 4.55. The molecule has 0 saturated carbocycles. The van der Waals surface area contributed by atoms with Crippen molar-refractivity contribution >= 4 is 23.3 Å². The molecule has 0 aliphatic carbocycles. The quantitative estimate of drug-likeness (QED) is 0.873. The molecule has 6 nitrogen and oxygen atoms in total. The van der Waals surface area contributed by atoms with E-state index in [0.717, 1.165) is 12.8 Å². The first-order valence-electron chi connectivity index (χ1n) is 6.93. The third kappa shape index (κ3) is 3.26. The van der Waals surface area contributed by atoms with Gasteiger partial charge in [-0.2, -0.15) is 0 Å². The van der Waals surface area contributed by atoms with Crippen molar-refractivity contribution in [1.82, 2.24) is 9.88 Å². The fourth-order valence-corrected chi connectivity index (χ4v) is 2.41. The Morgan fingerprint density at radius 2 is 2.25 bits per heavy atom. The third-order valence-electron chi connectivity index (χ3n) is 3.48. The van der Waals surface area contributed by atoms with Crippen molar-refractivity contribution in [2.45, 2.75) is 38.6 Å². The maximum absolute atomic E-state index is 12.3. The smallest absolute Gasteiger partial charge is 0.247 e. The fraction of sp³-hybridized carbons (Fsp3) is 0.500. The van der Waals surface area contributed by atoms with Gasteiger partial charge in [-0.1, -0.05) is 6.92 Å². The van der Waals surface area contributed by atoms with Crippen molar-refractivity contribution in [1.29, 1.82) is 0 Å². The van der Waals surface area contributed by atoms with Crippen LogP contribution in [0, 0.1) is 0 Å². The molecule has 2 rings (SSSR count). The molecule has 3 N–H and O–H groups in total. The summed E-state index contributed by atoms with van der Waals surface area (Å²) in [6.45, 7) is 2.47. The zero-order valence-corrected chi connectivity index (χ0v) is 11.6. The van der Waals surface area contributed by atoms with Gasteiger partial charge in [0.15, 0.2) is 0 Å². The highest BCUT2D eigenvalue weighted by atomic mass is 16.2. The molecule has 1 aliphatic heterocycles. The van der Waals surface area contributed by atoms with Crippen LogP contribution in [0.1, 0.15) is 32.6 Å². The number of anilines is 2. The highest BCUT2D eigenvalue weighted by Gasteiger charge is 2.31. The minimum atomic E-state index is -0.381. The van der Waals surface area contributed by atoms with Gasteiger partial charge >= 0.3 is 0 Å². The van der Waals surface area contributed by atoms with Crippen LogP contribution in [0.15, 0.2) is 18.3 Å². The van der Waals surface area contributed by atoms with Crippen LogP contribution in [0.3, 0.4) is 0 Å². The maximum atomic E-state index is 12.3. The van der Waals surface area contributed by atoms with Crippen LogP contribution < -0.4 is 11.1 Å². The minimum absolute atomic E-state index is 0.0280. The molecule has 0 spiro atoms. The molecule has 1 saturated heterocycles. The summed E-state index contributed by atoms with van der Waals surface area (Å²) in [5.41, 5.74) is 6.10. The second-order valence-electron chi connectivity index (χ2n) is 4.91. The molecule has 0 bridgehead atoms. The number of amides is 2. The topological polar surface area (TPSA) is 88.3 Å². The Hall–Kier alpha value is -2.11. The molecule has 1 aromatic heterocycles. The summed E-state index contributed by atoms with van der Waals surface area (Å²) < 4.78 is 0. The number of aromatic nitrogens is 1. The van der Waals surface area contributed by atoms with Crippen LogP contribution >= 0.6 is 0 Å². The first-order valence-corrected chi connectivity index (χ1v) is 6.93. The molecule has 1 unspecified atom stereocenters. The number of piperidine rings is 1. The number of hydrogen-bond acceptors (Lipinski definition) is 4. The summed E-state index contributed by atoms with van der Waals surface area (Å²) >= 11 is 0. The largest absolute Gasteiger partial charge is 0.384 e. The van der Waals surface area contributed by atoms with E-state index in [-0.39, 0.29) is 17.9 Å². The maximum Gasteiger partial charge on any atom is 0.247 e. The van der Waals surface area contributed by atoms with Gasteiger partial charge in [0.25, 0.3) is 0 Å². The van der Waals surface area contributed by atoms with E-state index < -0.39 is 0 Å². The molecule has 1 atom stereocenters. The van der Waals surface area contributed by atoms with Gasteiger partial charge in [-0.3, -0.25) is 9.59 Å². The van der Waals surface area contributed by atoms with Crippen LogP contribution in [0.4, 0.5) is 11.5 Å². The summed E-state index contributed by atoms with van der Waals surface area (Å²) in [5, 5.41) is 2.80. The number of rotatable bonds is 3. The van der Waals surface area contributed by atoms with E-state index in [1.807, 2.05) is 6.92 Å². The average Bonchev–Trinajstić information content (AvgIpc) is 2.48. The highest BCUT2D eigenvalue weighted by Crippen LogP contribution is 2.19. The monoisotopic (exact) mass is 276 g/mol. The lowest BCUT2D eigenvalue weighted by atomic mass is 10.0. The Morgan fingerprint density at radius 1 is 1.45 bits per heavy atom. The van der Waals surface area contributed by atoms with Crippen molar-refractivity contribution < 1.29 is 9.59 Å². The van der Waals surface area contributed by atoms with Crippen molar-refractivity contribution in [2.24, 2.45) is 0 Å². The molecule has 1 aromatic rings. The van der Waals surface area contributed by atoms with Gasteiger partial charge in [-0.05, 0) is 31.4 Å². The zero-order valence-electron chi connectivity index (χ0n) is 11.6. The van der Waals surface area contributed by atoms with Crippen LogP contribution in [0.2, 0.25) is 0 Å². The number of nitrogens with two attached hydrogens (primary N) is 1. The number of carbonyl (C=O) groups excluding carboxylic acids is 2. The lowest BCUT2D eigenvalue weighted by molar-refractivity contribution is -0.140. The van der Waals surface area contributed by atoms with Crippen molar-refractivity contribution in [2.75, 3.05) is 17.6 Å². The molecule has 108 valence electrons. The van der Waals surface area contributed by atoms with Crippen LogP contribution in [-0.4, -0.2) is 34.3 Å². The van der Waals surface area contributed by atoms with Gasteiger partial charge in [-0.25, -0.2) is 4.98 Å². The fourth-order valence-electron chi connectivity index (χ4n) is 2.41. The van der Waals surface area contributed by atoms with Gasteiger partial charge in [0.05, 0.1) is 11.9 Å². The van der Waals surface area contributed by atoms with E-state index >= 15 is 0 Å². The van der Waals surface area contributed by atoms with Crippen LogP contribution in [-0.2, 0) is 9.59 Å². The lowest BCUT2D eigenvalue weighted by Gasteiger charge is -2.34. The van der Waals surface area contributed by atoms with Gasteiger partial charge in [-0.15, -0.1) is 0 Å². The van der Waals surface area contributed by atoms with Gasteiger partial charge in [0, 0.05) is 13.0 Å². The number of nitrogen functional groups attached to an aromatic ring is 1. The average molecular weight is 276 g/mol. The van der Waals surface area contributed by atoms with Crippen LogP contribution in [0.5, 0.6) is 0 Å². The molecule has 1 aliphatic rings. The Bertz CT molecular complexity index is 486. The molecular formula is C14H20N4O2. The predicted octanol–water partition coefficient (Wildman–Crippen LogP) is 1.39. The number of pyridine rings is 1. The standard InChI is InChI=1S/C14H20N4O2/c1-2-13(19)18-8-4-3-5-11(18)14(20)17-10-6-7-12(15)16-9-10/h6-7,9,11H,2-5,8H2,1H3,(H2,15,16)(H,17,20). The number of likely N-dealkylation sites (tertiary alicyclic amines) is 1. The van der Waals surface area contributed by atoms with E-state index in [9.17, 15) is 9.59 Å². The van der Waals surface area contributed by atoms with E-state index in [1.54, 1.807) is 17.0 Å². The summed E-state index contributed by atoms with van der Waals surface area (Å²) in [7, 11) is 0. The Morgan fingerprint density at radius 3 is 2.90 bits per heavy atom. The summed E-state index contributed by atoms with van der Waals surface area (Å²) in [6.07, 6.45) is 4.57. The van der Waals surface area contributed by atoms with Crippen molar-refractivity contribution in [3.8, 4) is 0 Å². The lowest BCUT2D eigenvalue weighted by Crippen LogP contribution is -2.49. The van der Waals surface area contributed by atoms with Gasteiger partial charge in [0.1, 0.15) is 11.9 Å². The zero-order chi connectivity index (χ0) is 14.5. The molecule has 1 fully saturated rings. The summed E-state index contributed by atoms with van der Waals surface area (Å²) in [5.74, 6) is 0.279. The Labute approximate surface area is 118 Å². The molecule has 2 heterocycles. The first-order chi connectivity index (χ1) is 9.61. The molecule has 0 radical (unpaired) electrons. The van der Waals surface area contributed by atoms with Gasteiger partial charge < -0.3 is 16.0 Å². The number of hydrogen-bond donors (Lipinski definition) is 2. The molecule has 20 heavy (non-hydrogen) atoms. The number of nitrogens with one attached hydrogen (secondary N) is 1. The molecular weight excluding hydrogens is 256 g/mol. The summed E-state index contributed by atoms with van der Waals surface area (Å²) in [4.78, 5) is 29.8. The minimum Gasteiger partial charge on any atom is -0.384 e. The SMILES string of the molecule is CCC(=O)N1CCCCC1C(=O)Nc1ccc(N)nc1. The second kappa shape index (κ2) is 6.36. The van der Waals surface area contributed by atoms with Crippen LogP contribution in [0.25, 0.3) is 0 Å². The molecule has 0 aromatic carbocycles. The first kappa shape index (κ1) is 14.3. The predicted molar refractivity (Wildman–Crippen MR) is 76.9 cm³/mol. The van der Waals surface area contributed by atoms with Gasteiger partial charge in [0.2, 0.25) is 11.8 Å². The normalized spacial score (nSPS) is 18.6. The highest BCUT2D eigenvalue weighted by molar-refractivity contribution is 5.97. The molecule has 2 amide bonds. The second-order valence-corrected chi connectivity index (χ2v) is 4.91. The molecule has 6 heteroatoms. The van der Waals surface area contributed by atoms with E-state index in [1.165, 1.54) is 6.20 Å². The number of carbonyl (C=O) groups is 2. The Balaban J connectivity index is 2.05. The van der Waals surface area contributed by atoms with Crippen molar-refractivity contribution in [3.05, 3.63) is 18.3 Å². The summed E-state index contributed by atoms with van der Waals surface area (Å²) in [6, 6.07) is 2.95.